The van der Waals surface area contributed by atoms with Crippen LogP contribution in [0, 0.1) is 0 Å². The van der Waals surface area contributed by atoms with Crippen LogP contribution < -0.4 is 0 Å². The SMILES string of the molecule is ON=CC(Cl)c1ccccn1. The molecule has 1 atom stereocenters. The van der Waals surface area contributed by atoms with E-state index in [0.29, 0.717) is 5.69 Å². The fourth-order valence-electron chi connectivity index (χ4n) is 0.674. The highest BCUT2D eigenvalue weighted by Gasteiger charge is 2.03. The molecule has 0 fully saturated rings. The summed E-state index contributed by atoms with van der Waals surface area (Å²) in [4.78, 5) is 3.96. The second-order valence-corrected chi connectivity index (χ2v) is 2.39. The van der Waals surface area contributed by atoms with E-state index in [1.165, 1.54) is 6.21 Å². The predicted molar refractivity (Wildman–Crippen MR) is 43.1 cm³/mol. The molecule has 1 N–H and O–H groups in total. The molecule has 0 bridgehead atoms. The molecule has 11 heavy (non-hydrogen) atoms. The lowest BCUT2D eigenvalue weighted by Gasteiger charge is -1.99. The Balaban J connectivity index is 2.76. The van der Waals surface area contributed by atoms with E-state index < -0.39 is 5.38 Å². The number of alkyl halides is 1. The lowest BCUT2D eigenvalue weighted by Crippen LogP contribution is -1.93. The monoisotopic (exact) mass is 170 g/mol. The standard InChI is InChI=1S/C7H7ClN2O/c8-6(5-10-11)7-3-1-2-4-9-7/h1-6,11H. The van der Waals surface area contributed by atoms with Crippen molar-refractivity contribution in [1.29, 1.82) is 0 Å². The zero-order valence-electron chi connectivity index (χ0n) is 5.68. The van der Waals surface area contributed by atoms with Crippen LogP contribution in [-0.4, -0.2) is 16.4 Å². The highest BCUT2D eigenvalue weighted by Crippen LogP contribution is 2.14. The quantitative estimate of drug-likeness (QED) is 0.319. The van der Waals surface area contributed by atoms with Gasteiger partial charge in [-0.15, -0.1) is 16.8 Å². The highest BCUT2D eigenvalue weighted by molar-refractivity contribution is 6.27. The summed E-state index contributed by atoms with van der Waals surface area (Å²) >= 11 is 5.73. The van der Waals surface area contributed by atoms with Gasteiger partial charge in [0.25, 0.3) is 0 Å². The Kier molecular flexibility index (Phi) is 2.86. The van der Waals surface area contributed by atoms with Crippen molar-refractivity contribution in [3.05, 3.63) is 30.1 Å². The van der Waals surface area contributed by atoms with Crippen molar-refractivity contribution >= 4 is 17.8 Å². The summed E-state index contributed by atoms with van der Waals surface area (Å²) < 4.78 is 0. The van der Waals surface area contributed by atoms with Crippen LogP contribution in [0.15, 0.2) is 29.6 Å². The molecule has 0 aliphatic carbocycles. The largest absolute Gasteiger partial charge is 0.411 e. The molecule has 0 spiro atoms. The van der Waals surface area contributed by atoms with Gasteiger partial charge in [0.1, 0.15) is 5.38 Å². The minimum absolute atomic E-state index is 0.457. The van der Waals surface area contributed by atoms with E-state index >= 15 is 0 Å². The van der Waals surface area contributed by atoms with Crippen molar-refractivity contribution < 1.29 is 5.21 Å². The van der Waals surface area contributed by atoms with Crippen molar-refractivity contribution in [2.75, 3.05) is 0 Å². The third kappa shape index (κ3) is 2.20. The lowest BCUT2D eigenvalue weighted by molar-refractivity contribution is 0.320. The zero-order chi connectivity index (χ0) is 8.10. The van der Waals surface area contributed by atoms with Gasteiger partial charge in [-0.3, -0.25) is 4.98 Å². The summed E-state index contributed by atoms with van der Waals surface area (Å²) in [6.07, 6.45) is 2.85. The van der Waals surface area contributed by atoms with Gasteiger partial charge < -0.3 is 5.21 Å². The molecule has 0 saturated heterocycles. The van der Waals surface area contributed by atoms with Crippen LogP contribution in [0.4, 0.5) is 0 Å². The first kappa shape index (κ1) is 8.01. The Morgan fingerprint density at radius 2 is 2.45 bits per heavy atom. The molecular formula is C7H7ClN2O. The number of nitrogens with zero attached hydrogens (tertiary/aromatic N) is 2. The van der Waals surface area contributed by atoms with Gasteiger partial charge in [-0.05, 0) is 12.1 Å². The van der Waals surface area contributed by atoms with Crippen LogP contribution in [-0.2, 0) is 0 Å². The van der Waals surface area contributed by atoms with E-state index in [1.54, 1.807) is 18.3 Å². The number of hydrogen-bond donors (Lipinski definition) is 1. The van der Waals surface area contributed by atoms with E-state index in [0.717, 1.165) is 0 Å². The molecule has 3 nitrogen and oxygen atoms in total. The van der Waals surface area contributed by atoms with Crippen LogP contribution in [0.3, 0.4) is 0 Å². The first-order valence-corrected chi connectivity index (χ1v) is 3.51. The Labute approximate surface area is 69.3 Å². The van der Waals surface area contributed by atoms with Crippen molar-refractivity contribution in [1.82, 2.24) is 4.98 Å². The average molecular weight is 171 g/mol. The molecule has 1 unspecified atom stereocenters. The molecule has 1 rings (SSSR count). The molecule has 0 aliphatic rings. The number of pyridine rings is 1. The van der Waals surface area contributed by atoms with E-state index in [9.17, 15) is 0 Å². The van der Waals surface area contributed by atoms with Gasteiger partial charge in [0.15, 0.2) is 0 Å². The molecule has 4 heteroatoms. The Hall–Kier alpha value is -1.09. The number of rotatable bonds is 2. The maximum absolute atomic E-state index is 8.16. The number of aromatic nitrogens is 1. The first-order valence-electron chi connectivity index (χ1n) is 3.07. The molecular weight excluding hydrogens is 164 g/mol. The summed E-state index contributed by atoms with van der Waals surface area (Å²) in [5.74, 6) is 0. The van der Waals surface area contributed by atoms with Gasteiger partial charge in [-0.25, -0.2) is 0 Å². The normalized spacial score (nSPS) is 13.5. The minimum Gasteiger partial charge on any atom is -0.411 e. The van der Waals surface area contributed by atoms with Crippen molar-refractivity contribution in [2.45, 2.75) is 5.38 Å². The third-order valence-electron chi connectivity index (χ3n) is 1.17. The maximum atomic E-state index is 8.16. The Bertz CT molecular complexity index is 237. The topological polar surface area (TPSA) is 45.5 Å². The van der Waals surface area contributed by atoms with E-state index in [1.807, 2.05) is 6.07 Å². The first-order chi connectivity index (χ1) is 5.34. The predicted octanol–water partition coefficient (Wildman–Crippen LogP) is 1.82. The van der Waals surface area contributed by atoms with Crippen molar-refractivity contribution in [3.8, 4) is 0 Å². The lowest BCUT2D eigenvalue weighted by atomic mass is 10.3. The van der Waals surface area contributed by atoms with Gasteiger partial charge in [0.05, 0.1) is 11.9 Å². The number of oxime groups is 1. The molecule has 0 aliphatic heterocycles. The van der Waals surface area contributed by atoms with Gasteiger partial charge in [-0.2, -0.15) is 0 Å². The Morgan fingerprint density at radius 1 is 1.64 bits per heavy atom. The van der Waals surface area contributed by atoms with Gasteiger partial charge in [-0.1, -0.05) is 6.07 Å². The van der Waals surface area contributed by atoms with Crippen LogP contribution in [0.25, 0.3) is 0 Å². The molecule has 1 aromatic rings. The third-order valence-corrected chi connectivity index (χ3v) is 1.50. The second kappa shape index (κ2) is 3.93. The van der Waals surface area contributed by atoms with Gasteiger partial charge in [0, 0.05) is 6.20 Å². The molecule has 1 aromatic heterocycles. The van der Waals surface area contributed by atoms with E-state index in [-0.39, 0.29) is 0 Å². The summed E-state index contributed by atoms with van der Waals surface area (Å²) in [6, 6.07) is 5.38. The van der Waals surface area contributed by atoms with Crippen molar-refractivity contribution in [2.24, 2.45) is 5.16 Å². The molecule has 0 aromatic carbocycles. The molecule has 0 radical (unpaired) electrons. The summed E-state index contributed by atoms with van der Waals surface area (Å²) in [5.41, 5.74) is 0.673. The summed E-state index contributed by atoms with van der Waals surface area (Å²) in [7, 11) is 0. The van der Waals surface area contributed by atoms with Gasteiger partial charge in [0.2, 0.25) is 0 Å². The summed E-state index contributed by atoms with van der Waals surface area (Å²) in [6.45, 7) is 0. The molecule has 1 heterocycles. The fraction of sp³-hybridized carbons (Fsp3) is 0.143. The average Bonchev–Trinajstić information content (AvgIpc) is 2.07. The van der Waals surface area contributed by atoms with E-state index in [2.05, 4.69) is 10.1 Å². The van der Waals surface area contributed by atoms with Gasteiger partial charge >= 0.3 is 0 Å². The number of halogens is 1. The molecule has 0 saturated carbocycles. The zero-order valence-corrected chi connectivity index (χ0v) is 6.44. The maximum Gasteiger partial charge on any atom is 0.114 e. The second-order valence-electron chi connectivity index (χ2n) is 1.92. The van der Waals surface area contributed by atoms with Crippen LogP contribution in [0.1, 0.15) is 11.1 Å². The van der Waals surface area contributed by atoms with Crippen LogP contribution in [0.2, 0.25) is 0 Å². The van der Waals surface area contributed by atoms with Crippen LogP contribution >= 0.6 is 11.6 Å². The molecule has 0 amide bonds. The minimum atomic E-state index is -0.457. The highest BCUT2D eigenvalue weighted by atomic mass is 35.5. The smallest absolute Gasteiger partial charge is 0.114 e. The molecule has 58 valence electrons. The Morgan fingerprint density at radius 3 is 3.00 bits per heavy atom. The van der Waals surface area contributed by atoms with Crippen molar-refractivity contribution in [3.63, 3.8) is 0 Å². The number of hydrogen-bond acceptors (Lipinski definition) is 3. The van der Waals surface area contributed by atoms with E-state index in [4.69, 9.17) is 16.8 Å². The summed E-state index contributed by atoms with van der Waals surface area (Å²) in [5, 5.41) is 10.5. The fourth-order valence-corrected chi connectivity index (χ4v) is 0.853. The van der Waals surface area contributed by atoms with Crippen LogP contribution in [0.5, 0.6) is 0 Å².